The van der Waals surface area contributed by atoms with Crippen molar-refractivity contribution >= 4 is 45.5 Å². The number of carbonyl (C=O) groups is 1. The summed E-state index contributed by atoms with van der Waals surface area (Å²) in [5.41, 5.74) is 2.94. The lowest BCUT2D eigenvalue weighted by Gasteiger charge is -2.11. The van der Waals surface area contributed by atoms with Crippen molar-refractivity contribution in [1.29, 1.82) is 0 Å². The van der Waals surface area contributed by atoms with Crippen molar-refractivity contribution in [1.82, 2.24) is 19.9 Å². The number of benzene rings is 3. The van der Waals surface area contributed by atoms with E-state index in [9.17, 15) is 13.6 Å². The lowest BCUT2D eigenvalue weighted by atomic mass is 9.99. The zero-order valence-corrected chi connectivity index (χ0v) is 20.6. The van der Waals surface area contributed by atoms with Crippen molar-refractivity contribution in [3.05, 3.63) is 107 Å². The summed E-state index contributed by atoms with van der Waals surface area (Å²) in [6.07, 6.45) is 3.05. The first-order chi connectivity index (χ1) is 18.4. The lowest BCUT2D eigenvalue weighted by Crippen LogP contribution is -2.09. The van der Waals surface area contributed by atoms with Crippen LogP contribution in [-0.4, -0.2) is 25.7 Å². The molecule has 0 aliphatic carbocycles. The predicted octanol–water partition coefficient (Wildman–Crippen LogP) is 7.18. The molecule has 6 nitrogen and oxygen atoms in total. The Bertz CT molecular complexity index is 1860. The highest BCUT2D eigenvalue weighted by atomic mass is 32.2. The van der Waals surface area contributed by atoms with E-state index in [2.05, 4.69) is 24.7 Å². The molecule has 3 aromatic carbocycles. The number of nitrogens with one attached hydrogen (secondary N) is 3. The smallest absolute Gasteiger partial charge is 0.201 e. The monoisotopic (exact) mass is 529 g/mol. The molecule has 6 rings (SSSR count). The summed E-state index contributed by atoms with van der Waals surface area (Å²) in [5, 5.41) is 0.430. The first kappa shape index (κ1) is 23.8. The van der Waals surface area contributed by atoms with Gasteiger partial charge in [0.1, 0.15) is 23.1 Å². The molecule has 0 unspecified atom stereocenters. The fraction of sp³-hybridized carbons (Fsp3) is 0.0357. The van der Waals surface area contributed by atoms with Crippen LogP contribution in [0.1, 0.15) is 21.7 Å². The van der Waals surface area contributed by atoms with Crippen LogP contribution in [0.3, 0.4) is 0 Å². The Balaban J connectivity index is 1.35. The summed E-state index contributed by atoms with van der Waals surface area (Å²) in [5.74, 6) is -2.52. The van der Waals surface area contributed by atoms with Crippen LogP contribution < -0.4 is 4.72 Å². The summed E-state index contributed by atoms with van der Waals surface area (Å²) in [4.78, 5) is 28.8. The van der Waals surface area contributed by atoms with E-state index in [4.69, 9.17) is 0 Å². The Labute approximate surface area is 218 Å². The molecule has 0 radical (unpaired) electrons. The second kappa shape index (κ2) is 9.38. The van der Waals surface area contributed by atoms with Crippen LogP contribution in [0.15, 0.2) is 78.0 Å². The van der Waals surface area contributed by atoms with E-state index in [1.807, 2.05) is 25.1 Å². The molecule has 0 spiro atoms. The largest absolute Gasteiger partial charge is 0.345 e. The number of aromatic amines is 2. The SMILES string of the molecule is Cc1nc2ccc(-c3cnc4[nH]cc(C(=O)c5c(F)ccc(NSc6cccc(F)c6)c5F)c4c3)cc2[nH]1. The number of rotatable bonds is 6. The number of carbonyl (C=O) groups excluding carboxylic acids is 1. The molecule has 0 saturated heterocycles. The van der Waals surface area contributed by atoms with Gasteiger partial charge in [0.15, 0.2) is 5.82 Å². The number of hydrogen-bond donors (Lipinski definition) is 3. The summed E-state index contributed by atoms with van der Waals surface area (Å²) in [7, 11) is 0. The van der Waals surface area contributed by atoms with E-state index in [-0.39, 0.29) is 11.3 Å². The van der Waals surface area contributed by atoms with Crippen LogP contribution in [-0.2, 0) is 0 Å². The van der Waals surface area contributed by atoms with Crippen LogP contribution in [0.5, 0.6) is 0 Å². The normalized spacial score (nSPS) is 11.4. The van der Waals surface area contributed by atoms with Gasteiger partial charge in [0.2, 0.25) is 5.78 Å². The standard InChI is InChI=1S/C28H18F3N5OS/c1-14-34-22-7-5-15(10-24(22)35-14)16-9-19-20(13-33-28(19)32-12-16)27(37)25-21(30)6-8-23(26(25)31)36-38-18-4-2-3-17(29)11-18/h2-13,36H,1H3,(H,32,33)(H,34,35). The molecule has 3 heterocycles. The van der Waals surface area contributed by atoms with Gasteiger partial charge in [-0.25, -0.2) is 23.1 Å². The highest BCUT2D eigenvalue weighted by Crippen LogP contribution is 2.31. The number of H-pyrrole nitrogens is 2. The van der Waals surface area contributed by atoms with E-state index in [1.165, 1.54) is 30.5 Å². The number of anilines is 1. The van der Waals surface area contributed by atoms with E-state index < -0.39 is 28.8 Å². The topological polar surface area (TPSA) is 86.5 Å². The number of aromatic nitrogens is 4. The van der Waals surface area contributed by atoms with Gasteiger partial charge >= 0.3 is 0 Å². The van der Waals surface area contributed by atoms with Crippen LogP contribution in [0.2, 0.25) is 0 Å². The third-order valence-electron chi connectivity index (χ3n) is 6.10. The van der Waals surface area contributed by atoms with Crippen molar-refractivity contribution in [3.8, 4) is 11.1 Å². The number of pyridine rings is 1. The second-order valence-corrected chi connectivity index (χ2v) is 9.53. The Morgan fingerprint density at radius 2 is 1.87 bits per heavy atom. The molecular formula is C28H18F3N5OS. The van der Waals surface area contributed by atoms with Gasteiger partial charge in [0.05, 0.1) is 22.3 Å². The van der Waals surface area contributed by atoms with Crippen molar-refractivity contribution in [2.75, 3.05) is 4.72 Å². The summed E-state index contributed by atoms with van der Waals surface area (Å²) in [6, 6.07) is 15.4. The minimum atomic E-state index is -1.04. The molecule has 0 amide bonds. The minimum absolute atomic E-state index is 0.0838. The number of ketones is 1. The van der Waals surface area contributed by atoms with Gasteiger partial charge in [0.25, 0.3) is 0 Å². The number of halogens is 3. The van der Waals surface area contributed by atoms with Gasteiger partial charge in [0, 0.05) is 33.8 Å². The molecule has 3 aromatic heterocycles. The van der Waals surface area contributed by atoms with Crippen LogP contribution in [0.25, 0.3) is 33.2 Å². The van der Waals surface area contributed by atoms with E-state index >= 15 is 4.39 Å². The lowest BCUT2D eigenvalue weighted by molar-refractivity contribution is 0.103. The third-order valence-corrected chi connectivity index (χ3v) is 6.91. The highest BCUT2D eigenvalue weighted by molar-refractivity contribution is 8.00. The molecule has 10 heteroatoms. The molecule has 0 saturated carbocycles. The summed E-state index contributed by atoms with van der Waals surface area (Å²) in [6.45, 7) is 1.87. The molecule has 38 heavy (non-hydrogen) atoms. The number of imidazole rings is 1. The maximum atomic E-state index is 15.4. The predicted molar refractivity (Wildman–Crippen MR) is 142 cm³/mol. The van der Waals surface area contributed by atoms with Gasteiger partial charge in [-0.15, -0.1) is 0 Å². The fourth-order valence-corrected chi connectivity index (χ4v) is 4.99. The highest BCUT2D eigenvalue weighted by Gasteiger charge is 2.25. The van der Waals surface area contributed by atoms with E-state index in [0.717, 1.165) is 46.0 Å². The number of nitrogens with zero attached hydrogens (tertiary/aromatic N) is 2. The molecule has 0 fully saturated rings. The maximum absolute atomic E-state index is 15.4. The van der Waals surface area contributed by atoms with Gasteiger partial charge in [-0.3, -0.25) is 4.79 Å². The molecule has 188 valence electrons. The first-order valence-electron chi connectivity index (χ1n) is 11.5. The molecule has 6 aromatic rings. The summed E-state index contributed by atoms with van der Waals surface area (Å²) < 4.78 is 46.4. The zero-order valence-electron chi connectivity index (χ0n) is 19.8. The van der Waals surface area contributed by atoms with Crippen LogP contribution in [0.4, 0.5) is 18.9 Å². The van der Waals surface area contributed by atoms with Crippen LogP contribution >= 0.6 is 11.9 Å². The average molecular weight is 530 g/mol. The van der Waals surface area contributed by atoms with Crippen molar-refractivity contribution in [2.45, 2.75) is 11.8 Å². The summed E-state index contributed by atoms with van der Waals surface area (Å²) >= 11 is 0.943. The molecule has 0 bridgehead atoms. The number of aryl methyl sites for hydroxylation is 1. The average Bonchev–Trinajstić information content (AvgIpc) is 3.49. The van der Waals surface area contributed by atoms with Gasteiger partial charge < -0.3 is 14.7 Å². The molecule has 0 aliphatic rings. The first-order valence-corrected chi connectivity index (χ1v) is 12.3. The van der Waals surface area contributed by atoms with Crippen molar-refractivity contribution in [2.24, 2.45) is 0 Å². The van der Waals surface area contributed by atoms with Gasteiger partial charge in [-0.2, -0.15) is 0 Å². The Kier molecular flexibility index (Phi) is 5.88. The fourth-order valence-electron chi connectivity index (χ4n) is 4.28. The molecule has 3 N–H and O–H groups in total. The molecule has 0 aliphatic heterocycles. The molecular weight excluding hydrogens is 511 g/mol. The van der Waals surface area contributed by atoms with Gasteiger partial charge in [-0.05, 0) is 73.0 Å². The zero-order chi connectivity index (χ0) is 26.4. The second-order valence-electron chi connectivity index (χ2n) is 8.65. The van der Waals surface area contributed by atoms with E-state index in [1.54, 1.807) is 18.3 Å². The Hall–Kier alpha value is -4.57. The van der Waals surface area contributed by atoms with E-state index in [0.29, 0.717) is 15.9 Å². The number of fused-ring (bicyclic) bond motifs is 2. The third kappa shape index (κ3) is 4.28. The molecule has 0 atom stereocenters. The Morgan fingerprint density at radius 3 is 2.71 bits per heavy atom. The minimum Gasteiger partial charge on any atom is -0.345 e. The van der Waals surface area contributed by atoms with Crippen LogP contribution in [0, 0.1) is 24.4 Å². The maximum Gasteiger partial charge on any atom is 0.201 e. The van der Waals surface area contributed by atoms with Gasteiger partial charge in [-0.1, -0.05) is 12.1 Å². The quantitative estimate of drug-likeness (QED) is 0.157. The van der Waals surface area contributed by atoms with Crippen molar-refractivity contribution in [3.63, 3.8) is 0 Å². The van der Waals surface area contributed by atoms with Crippen molar-refractivity contribution < 1.29 is 18.0 Å². The number of hydrogen-bond acceptors (Lipinski definition) is 5. The Morgan fingerprint density at radius 1 is 1.00 bits per heavy atom.